The number of ether oxygens (including phenoxy) is 1. The molecule has 1 aliphatic heterocycles. The van der Waals surface area contributed by atoms with E-state index in [-0.39, 0.29) is 12.0 Å². The second-order valence-corrected chi connectivity index (χ2v) is 5.20. The van der Waals surface area contributed by atoms with Crippen molar-refractivity contribution in [3.05, 3.63) is 35.4 Å². The van der Waals surface area contributed by atoms with Gasteiger partial charge in [-0.05, 0) is 25.0 Å². The van der Waals surface area contributed by atoms with E-state index in [0.717, 1.165) is 25.0 Å². The van der Waals surface area contributed by atoms with Crippen LogP contribution in [0.5, 0.6) is 0 Å². The van der Waals surface area contributed by atoms with Gasteiger partial charge in [-0.2, -0.15) is 0 Å². The number of carbonyl (C=O) groups excluding carboxylic acids is 1. The lowest BCUT2D eigenvalue weighted by Crippen LogP contribution is -2.34. The van der Waals surface area contributed by atoms with Crippen LogP contribution in [0, 0.1) is 0 Å². The topological polar surface area (TPSA) is 55.6 Å². The summed E-state index contributed by atoms with van der Waals surface area (Å²) in [6.45, 7) is 1.44. The van der Waals surface area contributed by atoms with Gasteiger partial charge in [-0.1, -0.05) is 24.4 Å². The summed E-state index contributed by atoms with van der Waals surface area (Å²) in [6, 6.07) is 7.05. The number of rotatable bonds is 4. The van der Waals surface area contributed by atoms with E-state index in [2.05, 4.69) is 0 Å². The summed E-state index contributed by atoms with van der Waals surface area (Å²) in [7, 11) is 1.80. The Kier molecular flexibility index (Phi) is 4.50. The van der Waals surface area contributed by atoms with Gasteiger partial charge in [0.1, 0.15) is 4.99 Å². The maximum Gasteiger partial charge on any atom is 0.253 e. The van der Waals surface area contributed by atoms with E-state index in [1.807, 2.05) is 0 Å². The summed E-state index contributed by atoms with van der Waals surface area (Å²) in [5.74, 6) is -0.00927. The number of benzene rings is 1. The van der Waals surface area contributed by atoms with Crippen molar-refractivity contribution in [2.45, 2.75) is 18.9 Å². The van der Waals surface area contributed by atoms with Crippen LogP contribution in [-0.2, 0) is 4.74 Å². The fourth-order valence-electron chi connectivity index (χ4n) is 2.17. The first-order valence-electron chi connectivity index (χ1n) is 6.35. The Balaban J connectivity index is 1.99. The molecule has 1 unspecified atom stereocenters. The minimum Gasteiger partial charge on any atom is -0.389 e. The first kappa shape index (κ1) is 14.0. The summed E-state index contributed by atoms with van der Waals surface area (Å²) in [6.07, 6.45) is 2.28. The molecule has 2 N–H and O–H groups in total. The number of amides is 1. The van der Waals surface area contributed by atoms with E-state index >= 15 is 0 Å². The fourth-order valence-corrected chi connectivity index (χ4v) is 2.31. The van der Waals surface area contributed by atoms with E-state index in [4.69, 9.17) is 22.7 Å². The normalized spacial score (nSPS) is 18.3. The zero-order valence-corrected chi connectivity index (χ0v) is 11.8. The van der Waals surface area contributed by atoms with E-state index in [9.17, 15) is 4.79 Å². The Morgan fingerprint density at radius 3 is 2.58 bits per heavy atom. The monoisotopic (exact) mass is 278 g/mol. The molecule has 0 aliphatic carbocycles. The molecule has 1 amide bonds. The third-order valence-corrected chi connectivity index (χ3v) is 3.50. The average molecular weight is 278 g/mol. The lowest BCUT2D eigenvalue weighted by molar-refractivity contribution is 0.0587. The summed E-state index contributed by atoms with van der Waals surface area (Å²) < 4.78 is 5.53. The molecule has 0 saturated carbocycles. The summed E-state index contributed by atoms with van der Waals surface area (Å²) in [5.41, 5.74) is 6.94. The summed E-state index contributed by atoms with van der Waals surface area (Å²) in [5, 5.41) is 0. The van der Waals surface area contributed by atoms with Gasteiger partial charge in [-0.15, -0.1) is 0 Å². The van der Waals surface area contributed by atoms with Crippen molar-refractivity contribution < 1.29 is 9.53 Å². The highest BCUT2D eigenvalue weighted by Gasteiger charge is 2.20. The maximum atomic E-state index is 12.2. The molecule has 0 radical (unpaired) electrons. The molecule has 0 bridgehead atoms. The van der Waals surface area contributed by atoms with E-state index in [0.29, 0.717) is 17.1 Å². The fraction of sp³-hybridized carbons (Fsp3) is 0.429. The van der Waals surface area contributed by atoms with Crippen molar-refractivity contribution in [1.29, 1.82) is 0 Å². The highest BCUT2D eigenvalue weighted by molar-refractivity contribution is 7.80. The zero-order valence-electron chi connectivity index (χ0n) is 11.0. The Morgan fingerprint density at radius 2 is 2.05 bits per heavy atom. The largest absolute Gasteiger partial charge is 0.389 e. The predicted molar refractivity (Wildman–Crippen MR) is 78.3 cm³/mol. The Labute approximate surface area is 118 Å². The molecule has 1 aromatic carbocycles. The molecule has 1 aliphatic rings. The molecule has 0 spiro atoms. The molecule has 1 saturated heterocycles. The summed E-state index contributed by atoms with van der Waals surface area (Å²) in [4.78, 5) is 14.3. The van der Waals surface area contributed by atoms with Gasteiger partial charge >= 0.3 is 0 Å². The molecule has 19 heavy (non-hydrogen) atoms. The molecule has 102 valence electrons. The highest BCUT2D eigenvalue weighted by Crippen LogP contribution is 2.14. The smallest absolute Gasteiger partial charge is 0.253 e. The van der Waals surface area contributed by atoms with Crippen LogP contribution in [0.25, 0.3) is 0 Å². The number of thiocarbonyl (C=S) groups is 1. The van der Waals surface area contributed by atoms with Crippen LogP contribution in [0.2, 0.25) is 0 Å². The lowest BCUT2D eigenvalue weighted by Gasteiger charge is -2.20. The van der Waals surface area contributed by atoms with Gasteiger partial charge in [0.15, 0.2) is 0 Å². The number of nitrogens with zero attached hydrogens (tertiary/aromatic N) is 1. The molecule has 1 atom stereocenters. The number of hydrogen-bond acceptors (Lipinski definition) is 3. The van der Waals surface area contributed by atoms with Gasteiger partial charge in [0.2, 0.25) is 0 Å². The Bertz CT molecular complexity index is 467. The second-order valence-electron chi connectivity index (χ2n) is 4.76. The molecule has 1 fully saturated rings. The van der Waals surface area contributed by atoms with E-state index in [1.165, 1.54) is 0 Å². The van der Waals surface area contributed by atoms with Gasteiger partial charge in [0.25, 0.3) is 5.91 Å². The molecular weight excluding hydrogens is 260 g/mol. The predicted octanol–water partition coefficient (Wildman–Crippen LogP) is 1.57. The third kappa shape index (κ3) is 3.52. The number of carbonyl (C=O) groups is 1. The van der Waals surface area contributed by atoms with Crippen LogP contribution < -0.4 is 5.73 Å². The van der Waals surface area contributed by atoms with Crippen LogP contribution >= 0.6 is 12.2 Å². The molecule has 5 heteroatoms. The summed E-state index contributed by atoms with van der Waals surface area (Å²) >= 11 is 4.88. The number of hydrogen-bond donors (Lipinski definition) is 1. The van der Waals surface area contributed by atoms with Gasteiger partial charge in [-0.25, -0.2) is 0 Å². The Morgan fingerprint density at radius 1 is 1.42 bits per heavy atom. The van der Waals surface area contributed by atoms with Gasteiger partial charge < -0.3 is 15.4 Å². The van der Waals surface area contributed by atoms with Crippen molar-refractivity contribution in [3.63, 3.8) is 0 Å². The van der Waals surface area contributed by atoms with Crippen LogP contribution in [-0.4, -0.2) is 42.1 Å². The minimum atomic E-state index is -0.00927. The SMILES string of the molecule is CN(CC1CCCO1)C(=O)c1ccc(C(N)=S)cc1. The third-order valence-electron chi connectivity index (χ3n) is 3.26. The molecule has 2 rings (SSSR count). The van der Waals surface area contributed by atoms with Crippen molar-refractivity contribution in [2.24, 2.45) is 5.73 Å². The lowest BCUT2D eigenvalue weighted by atomic mass is 10.1. The van der Waals surface area contributed by atoms with E-state index in [1.54, 1.807) is 36.2 Å². The molecule has 0 aromatic heterocycles. The second kappa shape index (κ2) is 6.12. The van der Waals surface area contributed by atoms with Crippen LogP contribution in [0.3, 0.4) is 0 Å². The van der Waals surface area contributed by atoms with Gasteiger partial charge in [-0.3, -0.25) is 4.79 Å². The average Bonchev–Trinajstić information content (AvgIpc) is 2.90. The quantitative estimate of drug-likeness (QED) is 0.850. The number of likely N-dealkylation sites (N-methyl/N-ethyl adjacent to an activating group) is 1. The van der Waals surface area contributed by atoms with Crippen LogP contribution in [0.1, 0.15) is 28.8 Å². The standard InChI is InChI=1S/C14H18N2O2S/c1-16(9-12-3-2-8-18-12)14(17)11-6-4-10(5-7-11)13(15)19/h4-7,12H,2-3,8-9H2,1H3,(H2,15,19). The van der Waals surface area contributed by atoms with Gasteiger partial charge in [0.05, 0.1) is 6.10 Å². The van der Waals surface area contributed by atoms with Crippen molar-refractivity contribution in [2.75, 3.05) is 20.2 Å². The first-order valence-corrected chi connectivity index (χ1v) is 6.75. The number of nitrogens with two attached hydrogens (primary N) is 1. The van der Waals surface area contributed by atoms with Crippen molar-refractivity contribution in [3.8, 4) is 0 Å². The Hall–Kier alpha value is -1.46. The van der Waals surface area contributed by atoms with Crippen LogP contribution in [0.15, 0.2) is 24.3 Å². The molecule has 4 nitrogen and oxygen atoms in total. The van der Waals surface area contributed by atoms with Crippen molar-refractivity contribution in [1.82, 2.24) is 4.90 Å². The van der Waals surface area contributed by atoms with Crippen molar-refractivity contribution >= 4 is 23.1 Å². The van der Waals surface area contributed by atoms with Crippen LogP contribution in [0.4, 0.5) is 0 Å². The first-order chi connectivity index (χ1) is 9.08. The van der Waals surface area contributed by atoms with E-state index < -0.39 is 0 Å². The molecular formula is C14H18N2O2S. The highest BCUT2D eigenvalue weighted by atomic mass is 32.1. The zero-order chi connectivity index (χ0) is 13.8. The maximum absolute atomic E-state index is 12.2. The molecule has 1 heterocycles. The minimum absolute atomic E-state index is 0.00927. The molecule has 1 aromatic rings. The van der Waals surface area contributed by atoms with Gasteiger partial charge in [0, 0.05) is 31.3 Å².